The Morgan fingerprint density at radius 2 is 2.22 bits per heavy atom. The Hall–Kier alpha value is -1.10. The van der Waals surface area contributed by atoms with Crippen molar-refractivity contribution in [3.63, 3.8) is 0 Å². The summed E-state index contributed by atoms with van der Waals surface area (Å²) in [7, 11) is 0. The van der Waals surface area contributed by atoms with Crippen LogP contribution in [0.25, 0.3) is 11.0 Å². The minimum Gasteiger partial charge on any atom is -0.244 e. The van der Waals surface area contributed by atoms with Crippen LogP contribution >= 0.6 is 11.8 Å². The van der Waals surface area contributed by atoms with Gasteiger partial charge in [0.1, 0.15) is 0 Å². The number of aromatic nitrogens is 4. The average Bonchev–Trinajstić information content (AvgIpc) is 3.11. The summed E-state index contributed by atoms with van der Waals surface area (Å²) in [6.45, 7) is 0. The first-order valence-corrected chi connectivity index (χ1v) is 7.82. The first kappa shape index (κ1) is 10.8. The summed E-state index contributed by atoms with van der Waals surface area (Å²) in [6, 6.07) is 0.575. The van der Waals surface area contributed by atoms with Crippen molar-refractivity contribution in [1.82, 2.24) is 19.7 Å². The van der Waals surface area contributed by atoms with E-state index in [1.54, 1.807) is 11.8 Å². The topological polar surface area (TPSA) is 43.6 Å². The summed E-state index contributed by atoms with van der Waals surface area (Å²) < 4.78 is 2.17. The zero-order valence-corrected chi connectivity index (χ0v) is 11.2. The van der Waals surface area contributed by atoms with Gasteiger partial charge < -0.3 is 0 Å². The van der Waals surface area contributed by atoms with Gasteiger partial charge in [0.25, 0.3) is 0 Å². The highest BCUT2D eigenvalue weighted by atomic mass is 32.2. The molecule has 5 heteroatoms. The molecule has 0 aromatic carbocycles. The Morgan fingerprint density at radius 1 is 1.28 bits per heavy atom. The molecule has 2 aliphatic carbocycles. The molecule has 4 nitrogen and oxygen atoms in total. The van der Waals surface area contributed by atoms with Crippen molar-refractivity contribution in [2.45, 2.75) is 36.9 Å². The molecular weight excluding hydrogens is 244 g/mol. The number of nitrogens with zero attached hydrogens (tertiary/aromatic N) is 4. The van der Waals surface area contributed by atoms with Crippen molar-refractivity contribution >= 4 is 22.8 Å². The van der Waals surface area contributed by atoms with Gasteiger partial charge in [-0.05, 0) is 37.4 Å². The fourth-order valence-corrected chi connectivity index (χ4v) is 4.01. The maximum atomic E-state index is 4.63. The van der Waals surface area contributed by atoms with Gasteiger partial charge in [0.05, 0.1) is 17.6 Å². The lowest BCUT2D eigenvalue weighted by atomic mass is 9.95. The van der Waals surface area contributed by atoms with Gasteiger partial charge in [0.15, 0.2) is 10.8 Å². The highest BCUT2D eigenvalue weighted by Gasteiger charge is 2.41. The van der Waals surface area contributed by atoms with Crippen LogP contribution in [0.15, 0.2) is 17.6 Å². The normalized spacial score (nSPS) is 30.4. The molecule has 0 aliphatic heterocycles. The standard InChI is InChI=1S/C13H16N4S/c1-18-13-14-6-10-7-15-17(12(10)16-13)11-5-8-2-3-9(11)4-8/h6-9,11H,2-5H2,1H3/t8-,9+,11+/m1/s1. The molecule has 2 fully saturated rings. The Kier molecular flexibility index (Phi) is 2.37. The van der Waals surface area contributed by atoms with E-state index in [0.29, 0.717) is 6.04 Å². The van der Waals surface area contributed by atoms with Gasteiger partial charge in [-0.1, -0.05) is 18.2 Å². The number of fused-ring (bicyclic) bond motifs is 3. The number of hydrogen-bond acceptors (Lipinski definition) is 4. The molecule has 0 N–H and O–H groups in total. The van der Waals surface area contributed by atoms with E-state index >= 15 is 0 Å². The summed E-state index contributed by atoms with van der Waals surface area (Å²) in [5.41, 5.74) is 1.02. The zero-order chi connectivity index (χ0) is 12.1. The number of hydrogen-bond donors (Lipinski definition) is 0. The second-order valence-electron chi connectivity index (χ2n) is 5.47. The van der Waals surface area contributed by atoms with E-state index in [0.717, 1.165) is 28.0 Å². The molecule has 2 aromatic rings. The third-order valence-corrected chi connectivity index (χ3v) is 5.07. The molecule has 2 saturated carbocycles. The van der Waals surface area contributed by atoms with E-state index in [1.807, 2.05) is 18.6 Å². The highest BCUT2D eigenvalue weighted by Crippen LogP contribution is 2.50. The number of rotatable bonds is 2. The monoisotopic (exact) mass is 260 g/mol. The largest absolute Gasteiger partial charge is 0.244 e. The summed E-state index contributed by atoms with van der Waals surface area (Å²) >= 11 is 1.59. The lowest BCUT2D eigenvalue weighted by molar-refractivity contribution is 0.312. The second-order valence-corrected chi connectivity index (χ2v) is 6.24. The van der Waals surface area contributed by atoms with E-state index in [1.165, 1.54) is 25.7 Å². The number of thioether (sulfide) groups is 1. The van der Waals surface area contributed by atoms with Crippen molar-refractivity contribution < 1.29 is 0 Å². The Morgan fingerprint density at radius 3 is 2.94 bits per heavy atom. The van der Waals surface area contributed by atoms with E-state index in [2.05, 4.69) is 19.7 Å². The first-order valence-electron chi connectivity index (χ1n) is 6.59. The van der Waals surface area contributed by atoms with Crippen LogP contribution < -0.4 is 0 Å². The van der Waals surface area contributed by atoms with Crippen molar-refractivity contribution in [1.29, 1.82) is 0 Å². The quantitative estimate of drug-likeness (QED) is 0.615. The molecule has 0 amide bonds. The van der Waals surface area contributed by atoms with Crippen LogP contribution in [0.5, 0.6) is 0 Å². The van der Waals surface area contributed by atoms with Gasteiger partial charge in [-0.3, -0.25) is 0 Å². The fraction of sp³-hybridized carbons (Fsp3) is 0.615. The van der Waals surface area contributed by atoms with Crippen molar-refractivity contribution in [3.8, 4) is 0 Å². The van der Waals surface area contributed by atoms with Crippen LogP contribution in [0, 0.1) is 11.8 Å². The maximum absolute atomic E-state index is 4.63. The molecule has 2 bridgehead atoms. The lowest BCUT2D eigenvalue weighted by Crippen LogP contribution is -2.17. The molecular formula is C13H16N4S. The first-order chi connectivity index (χ1) is 8.85. The molecule has 2 aromatic heterocycles. The molecule has 4 rings (SSSR count). The van der Waals surface area contributed by atoms with Gasteiger partial charge in [-0.2, -0.15) is 5.10 Å². The van der Waals surface area contributed by atoms with Gasteiger partial charge in [0.2, 0.25) is 0 Å². The maximum Gasteiger partial charge on any atom is 0.189 e. The summed E-state index contributed by atoms with van der Waals surface area (Å²) in [5.74, 6) is 1.76. The Bertz CT molecular complexity index is 594. The molecule has 0 unspecified atom stereocenters. The van der Waals surface area contributed by atoms with Gasteiger partial charge in [0, 0.05) is 6.20 Å². The fourth-order valence-electron chi connectivity index (χ4n) is 3.67. The summed E-state index contributed by atoms with van der Waals surface area (Å²) in [5, 5.41) is 6.48. The van der Waals surface area contributed by atoms with Crippen LogP contribution in [-0.2, 0) is 0 Å². The van der Waals surface area contributed by atoms with Crippen LogP contribution in [-0.4, -0.2) is 26.0 Å². The third kappa shape index (κ3) is 1.49. The Balaban J connectivity index is 1.80. The third-order valence-electron chi connectivity index (χ3n) is 4.51. The van der Waals surface area contributed by atoms with Crippen LogP contribution in [0.4, 0.5) is 0 Å². The van der Waals surface area contributed by atoms with E-state index in [4.69, 9.17) is 0 Å². The van der Waals surface area contributed by atoms with Crippen LogP contribution in [0.3, 0.4) is 0 Å². The molecule has 2 aliphatic rings. The van der Waals surface area contributed by atoms with Crippen LogP contribution in [0.2, 0.25) is 0 Å². The minimum atomic E-state index is 0.575. The Labute approximate surface area is 110 Å². The second kappa shape index (κ2) is 3.95. The molecule has 94 valence electrons. The minimum absolute atomic E-state index is 0.575. The highest BCUT2D eigenvalue weighted by molar-refractivity contribution is 7.98. The van der Waals surface area contributed by atoms with Gasteiger partial charge in [-0.25, -0.2) is 14.6 Å². The molecule has 0 saturated heterocycles. The molecule has 0 radical (unpaired) electrons. The summed E-state index contributed by atoms with van der Waals surface area (Å²) in [6.07, 6.45) is 11.3. The lowest BCUT2D eigenvalue weighted by Gasteiger charge is -2.22. The van der Waals surface area contributed by atoms with E-state index in [9.17, 15) is 0 Å². The van der Waals surface area contributed by atoms with Crippen molar-refractivity contribution in [2.24, 2.45) is 11.8 Å². The van der Waals surface area contributed by atoms with Crippen molar-refractivity contribution in [3.05, 3.63) is 12.4 Å². The average molecular weight is 260 g/mol. The van der Waals surface area contributed by atoms with Gasteiger partial charge >= 0.3 is 0 Å². The predicted octanol–water partition coefficient (Wildman–Crippen LogP) is 2.91. The molecule has 18 heavy (non-hydrogen) atoms. The summed E-state index contributed by atoms with van der Waals surface area (Å²) in [4.78, 5) is 8.95. The SMILES string of the molecule is CSc1ncc2cnn([C@H]3C[C@@H]4CC[C@H]3C4)c2n1. The smallest absolute Gasteiger partial charge is 0.189 e. The van der Waals surface area contributed by atoms with Crippen LogP contribution in [0.1, 0.15) is 31.7 Å². The van der Waals surface area contributed by atoms with E-state index in [-0.39, 0.29) is 0 Å². The predicted molar refractivity (Wildman–Crippen MR) is 71.6 cm³/mol. The van der Waals surface area contributed by atoms with E-state index < -0.39 is 0 Å². The molecule has 3 atom stereocenters. The zero-order valence-electron chi connectivity index (χ0n) is 10.4. The molecule has 0 spiro atoms. The van der Waals surface area contributed by atoms with Crippen molar-refractivity contribution in [2.75, 3.05) is 6.26 Å². The van der Waals surface area contributed by atoms with Gasteiger partial charge in [-0.15, -0.1) is 0 Å². The molecule has 2 heterocycles.